The molecular formula is C20H27N3O3S2. The fourth-order valence-corrected chi connectivity index (χ4v) is 5.75. The molecule has 6 nitrogen and oxygen atoms in total. The van der Waals surface area contributed by atoms with Crippen molar-refractivity contribution in [3.05, 3.63) is 46.4 Å². The van der Waals surface area contributed by atoms with Crippen LogP contribution in [0.15, 0.2) is 40.6 Å². The van der Waals surface area contributed by atoms with Crippen LogP contribution in [0.1, 0.15) is 36.4 Å². The number of carbonyl (C=O) groups excluding carboxylic acids is 1. The Labute approximate surface area is 171 Å². The Morgan fingerprint density at radius 1 is 1.29 bits per heavy atom. The Balaban J connectivity index is 1.45. The highest BCUT2D eigenvalue weighted by atomic mass is 32.2. The minimum Gasteiger partial charge on any atom is -0.356 e. The van der Waals surface area contributed by atoms with Gasteiger partial charge in [0.15, 0.2) is 0 Å². The van der Waals surface area contributed by atoms with Crippen LogP contribution in [-0.2, 0) is 21.2 Å². The van der Waals surface area contributed by atoms with Crippen LogP contribution >= 0.6 is 11.3 Å². The maximum atomic E-state index is 12.8. The summed E-state index contributed by atoms with van der Waals surface area (Å²) in [7, 11) is -3.54. The number of sulfonamides is 1. The van der Waals surface area contributed by atoms with Gasteiger partial charge in [-0.3, -0.25) is 4.79 Å². The van der Waals surface area contributed by atoms with E-state index in [1.165, 1.54) is 4.31 Å². The normalized spacial score (nSPS) is 18.1. The number of benzene rings is 1. The van der Waals surface area contributed by atoms with Gasteiger partial charge in [0.25, 0.3) is 0 Å². The molecule has 2 heterocycles. The number of aromatic nitrogens is 1. The van der Waals surface area contributed by atoms with Crippen LogP contribution in [0.5, 0.6) is 0 Å². The molecule has 1 unspecified atom stereocenters. The second-order valence-electron chi connectivity index (χ2n) is 7.15. The van der Waals surface area contributed by atoms with Crippen LogP contribution in [0.25, 0.3) is 0 Å². The Kier molecular flexibility index (Phi) is 7.20. The second-order valence-corrected chi connectivity index (χ2v) is 10.0. The zero-order valence-corrected chi connectivity index (χ0v) is 17.8. The van der Waals surface area contributed by atoms with E-state index in [1.54, 1.807) is 41.7 Å². The van der Waals surface area contributed by atoms with Gasteiger partial charge in [-0.25, -0.2) is 13.4 Å². The van der Waals surface area contributed by atoms with Crippen molar-refractivity contribution in [2.75, 3.05) is 19.6 Å². The Morgan fingerprint density at radius 3 is 2.79 bits per heavy atom. The molecule has 1 saturated heterocycles. The molecule has 1 fully saturated rings. The van der Waals surface area contributed by atoms with Gasteiger partial charge in [-0.2, -0.15) is 4.31 Å². The number of piperidine rings is 1. The van der Waals surface area contributed by atoms with Gasteiger partial charge in [-0.05, 0) is 51.2 Å². The second kappa shape index (κ2) is 9.62. The van der Waals surface area contributed by atoms with Crippen LogP contribution in [0.2, 0.25) is 0 Å². The quantitative estimate of drug-likeness (QED) is 0.665. The van der Waals surface area contributed by atoms with E-state index in [0.29, 0.717) is 19.5 Å². The molecule has 1 amide bonds. The molecule has 2 aromatic rings. The molecule has 0 radical (unpaired) electrons. The molecule has 0 aliphatic carbocycles. The lowest BCUT2D eigenvalue weighted by atomic mass is 9.99. The molecule has 8 heteroatoms. The summed E-state index contributed by atoms with van der Waals surface area (Å²) in [4.78, 5) is 17.2. The number of hydrogen-bond donors (Lipinski definition) is 1. The third-order valence-electron chi connectivity index (χ3n) is 4.92. The first-order valence-corrected chi connectivity index (χ1v) is 12.0. The van der Waals surface area contributed by atoms with Crippen molar-refractivity contribution in [3.8, 4) is 0 Å². The number of nitrogens with zero attached hydrogens (tertiary/aromatic N) is 2. The topological polar surface area (TPSA) is 79.4 Å². The summed E-state index contributed by atoms with van der Waals surface area (Å²) < 4.78 is 27.0. The van der Waals surface area contributed by atoms with E-state index in [0.717, 1.165) is 36.4 Å². The van der Waals surface area contributed by atoms with Crippen molar-refractivity contribution >= 4 is 27.3 Å². The first kappa shape index (κ1) is 21.0. The largest absolute Gasteiger partial charge is 0.356 e. The summed E-state index contributed by atoms with van der Waals surface area (Å²) in [6, 6.07) is 8.43. The molecule has 1 atom stereocenters. The molecular weight excluding hydrogens is 394 g/mol. The summed E-state index contributed by atoms with van der Waals surface area (Å²) in [5.41, 5.74) is 1.06. The van der Waals surface area contributed by atoms with Gasteiger partial charge in [-0.15, -0.1) is 11.3 Å². The lowest BCUT2D eigenvalue weighted by Gasteiger charge is -2.31. The molecule has 1 aromatic carbocycles. The van der Waals surface area contributed by atoms with Gasteiger partial charge < -0.3 is 5.32 Å². The summed E-state index contributed by atoms with van der Waals surface area (Å²) in [5, 5.41) is 6.17. The van der Waals surface area contributed by atoms with E-state index in [4.69, 9.17) is 0 Å². The molecule has 152 valence electrons. The summed E-state index contributed by atoms with van der Waals surface area (Å²) >= 11 is 1.68. The number of nitrogens with one attached hydrogen (secondary N) is 1. The number of aryl methyl sites for hydroxylation is 2. The number of rotatable bonds is 8. The minimum absolute atomic E-state index is 0.0435. The Bertz CT molecular complexity index is 881. The third-order valence-corrected chi connectivity index (χ3v) is 7.82. The molecule has 3 rings (SSSR count). The molecule has 1 aliphatic rings. The van der Waals surface area contributed by atoms with Gasteiger partial charge >= 0.3 is 0 Å². The molecule has 0 bridgehead atoms. The van der Waals surface area contributed by atoms with Crippen molar-refractivity contribution in [2.45, 2.75) is 43.9 Å². The molecule has 1 aliphatic heterocycles. The van der Waals surface area contributed by atoms with E-state index in [-0.39, 0.29) is 23.3 Å². The number of amides is 1. The average Bonchev–Trinajstić information content (AvgIpc) is 3.13. The highest BCUT2D eigenvalue weighted by molar-refractivity contribution is 7.89. The molecule has 1 N–H and O–H groups in total. The Hall–Kier alpha value is -1.77. The van der Waals surface area contributed by atoms with E-state index < -0.39 is 10.0 Å². The van der Waals surface area contributed by atoms with Crippen LogP contribution in [0, 0.1) is 12.8 Å². The van der Waals surface area contributed by atoms with Crippen LogP contribution in [0.3, 0.4) is 0 Å². The minimum atomic E-state index is -3.54. The van der Waals surface area contributed by atoms with E-state index >= 15 is 0 Å². The van der Waals surface area contributed by atoms with Gasteiger partial charge in [0.05, 0.1) is 15.8 Å². The predicted molar refractivity (Wildman–Crippen MR) is 111 cm³/mol. The SMILES string of the molecule is Cc1csc(CCCCNC(=O)C2CCCN(S(=O)(=O)c3ccccc3)C2)n1. The highest BCUT2D eigenvalue weighted by Crippen LogP contribution is 2.23. The standard InChI is InChI=1S/C20H27N3O3S2/c1-16-15-27-19(22-16)11-5-6-12-21-20(24)17-8-7-13-23(14-17)28(25,26)18-9-3-2-4-10-18/h2-4,9-10,15,17H,5-8,11-14H2,1H3,(H,21,24). The van der Waals surface area contributed by atoms with Gasteiger partial charge in [0, 0.05) is 30.7 Å². The molecule has 0 spiro atoms. The third kappa shape index (κ3) is 5.40. The van der Waals surface area contributed by atoms with Crippen molar-refractivity contribution < 1.29 is 13.2 Å². The van der Waals surface area contributed by atoms with E-state index in [1.807, 2.05) is 6.92 Å². The number of hydrogen-bond acceptors (Lipinski definition) is 5. The lowest BCUT2D eigenvalue weighted by Crippen LogP contribution is -2.45. The summed E-state index contributed by atoms with van der Waals surface area (Å²) in [6.07, 6.45) is 4.23. The maximum absolute atomic E-state index is 12.8. The monoisotopic (exact) mass is 421 g/mol. The van der Waals surface area contributed by atoms with Crippen molar-refractivity contribution in [1.82, 2.24) is 14.6 Å². The zero-order valence-electron chi connectivity index (χ0n) is 16.1. The number of thiazole rings is 1. The van der Waals surface area contributed by atoms with Crippen molar-refractivity contribution in [1.29, 1.82) is 0 Å². The van der Waals surface area contributed by atoms with Crippen LogP contribution in [0.4, 0.5) is 0 Å². The molecule has 0 saturated carbocycles. The number of carbonyl (C=O) groups is 1. The van der Waals surface area contributed by atoms with Crippen LogP contribution < -0.4 is 5.32 Å². The molecule has 1 aromatic heterocycles. The first-order valence-electron chi connectivity index (χ1n) is 9.71. The van der Waals surface area contributed by atoms with Gasteiger partial charge in [0.1, 0.15) is 0 Å². The smallest absolute Gasteiger partial charge is 0.243 e. The molecule has 28 heavy (non-hydrogen) atoms. The fourth-order valence-electron chi connectivity index (χ4n) is 3.39. The lowest BCUT2D eigenvalue weighted by molar-refractivity contribution is -0.126. The van der Waals surface area contributed by atoms with Crippen molar-refractivity contribution in [3.63, 3.8) is 0 Å². The Morgan fingerprint density at radius 2 is 2.07 bits per heavy atom. The highest BCUT2D eigenvalue weighted by Gasteiger charge is 2.33. The van der Waals surface area contributed by atoms with E-state index in [9.17, 15) is 13.2 Å². The van der Waals surface area contributed by atoms with Gasteiger partial charge in [0.2, 0.25) is 15.9 Å². The fraction of sp³-hybridized carbons (Fsp3) is 0.500. The zero-order chi connectivity index (χ0) is 20.0. The van der Waals surface area contributed by atoms with Crippen LogP contribution in [-0.4, -0.2) is 43.2 Å². The number of unbranched alkanes of at least 4 members (excludes halogenated alkanes) is 1. The summed E-state index contributed by atoms with van der Waals surface area (Å²) in [6.45, 7) is 3.33. The first-order chi connectivity index (χ1) is 13.5. The van der Waals surface area contributed by atoms with E-state index in [2.05, 4.69) is 15.7 Å². The predicted octanol–water partition coefficient (Wildman–Crippen LogP) is 2.99. The maximum Gasteiger partial charge on any atom is 0.243 e. The summed E-state index contributed by atoms with van der Waals surface area (Å²) in [5.74, 6) is -0.327. The average molecular weight is 422 g/mol. The van der Waals surface area contributed by atoms with Gasteiger partial charge in [-0.1, -0.05) is 18.2 Å². The van der Waals surface area contributed by atoms with Crippen molar-refractivity contribution in [2.24, 2.45) is 5.92 Å².